The minimum atomic E-state index is -1.11. The lowest BCUT2D eigenvalue weighted by atomic mass is 9.76. The van der Waals surface area contributed by atoms with Crippen molar-refractivity contribution in [3.8, 4) is 6.07 Å². The van der Waals surface area contributed by atoms with Crippen LogP contribution in [0.2, 0.25) is 0 Å². The van der Waals surface area contributed by atoms with Gasteiger partial charge in [-0.3, -0.25) is 4.79 Å². The summed E-state index contributed by atoms with van der Waals surface area (Å²) in [7, 11) is 0. The zero-order valence-electron chi connectivity index (χ0n) is 14.3. The summed E-state index contributed by atoms with van der Waals surface area (Å²) in [5.41, 5.74) is 0.0271. The van der Waals surface area contributed by atoms with Crippen LogP contribution in [0.3, 0.4) is 0 Å². The first-order valence-corrected chi connectivity index (χ1v) is 8.12. The van der Waals surface area contributed by atoms with Gasteiger partial charge in [0.1, 0.15) is 11.2 Å². The summed E-state index contributed by atoms with van der Waals surface area (Å²) < 4.78 is 0. The molecule has 1 atom stereocenters. The SMILES string of the molecule is CC(=O)CCC(C#N)(CC(C)C)C(=O)NCCc1ccccc1. The van der Waals surface area contributed by atoms with E-state index in [2.05, 4.69) is 11.4 Å². The Kier molecular flexibility index (Phi) is 7.47. The largest absolute Gasteiger partial charge is 0.354 e. The molecule has 1 unspecified atom stereocenters. The molecule has 0 saturated heterocycles. The number of ketones is 1. The molecule has 1 rings (SSSR count). The quantitative estimate of drug-likeness (QED) is 0.760. The molecule has 1 aromatic carbocycles. The summed E-state index contributed by atoms with van der Waals surface area (Å²) >= 11 is 0. The van der Waals surface area contributed by atoms with E-state index < -0.39 is 5.41 Å². The average Bonchev–Trinajstić information content (AvgIpc) is 2.52. The van der Waals surface area contributed by atoms with Gasteiger partial charge in [0.2, 0.25) is 5.91 Å². The van der Waals surface area contributed by atoms with Gasteiger partial charge in [-0.2, -0.15) is 5.26 Å². The van der Waals surface area contributed by atoms with Gasteiger partial charge in [0.25, 0.3) is 0 Å². The second kappa shape index (κ2) is 9.09. The van der Waals surface area contributed by atoms with E-state index in [4.69, 9.17) is 0 Å². The zero-order valence-corrected chi connectivity index (χ0v) is 14.3. The molecule has 0 radical (unpaired) electrons. The molecule has 1 amide bonds. The van der Waals surface area contributed by atoms with Crippen LogP contribution in [-0.4, -0.2) is 18.2 Å². The maximum atomic E-state index is 12.6. The van der Waals surface area contributed by atoms with Crippen LogP contribution in [0.1, 0.15) is 45.6 Å². The van der Waals surface area contributed by atoms with Crippen LogP contribution >= 0.6 is 0 Å². The fourth-order valence-corrected chi connectivity index (χ4v) is 2.68. The standard InChI is InChI=1S/C19H26N2O2/c1-15(2)13-19(14-20,11-9-16(3)22)18(23)21-12-10-17-7-5-4-6-8-17/h4-8,15H,9-13H2,1-3H3,(H,21,23). The van der Waals surface area contributed by atoms with Crippen molar-refractivity contribution in [1.29, 1.82) is 5.26 Å². The van der Waals surface area contributed by atoms with Gasteiger partial charge in [-0.15, -0.1) is 0 Å². The molecular formula is C19H26N2O2. The average molecular weight is 314 g/mol. The Balaban J connectivity index is 2.70. The Labute approximate surface area is 138 Å². The molecule has 0 aliphatic heterocycles. The summed E-state index contributed by atoms with van der Waals surface area (Å²) in [6.45, 7) is 5.95. The second-order valence-electron chi connectivity index (χ2n) is 6.49. The number of carbonyl (C=O) groups is 2. The predicted octanol–water partition coefficient (Wildman–Crippen LogP) is 3.27. The van der Waals surface area contributed by atoms with Gasteiger partial charge in [-0.25, -0.2) is 0 Å². The number of Topliss-reactive ketones (excluding diaryl/α,β-unsaturated/α-hetero) is 1. The zero-order chi connectivity index (χ0) is 17.3. The van der Waals surface area contributed by atoms with E-state index >= 15 is 0 Å². The Bertz CT molecular complexity index is 560. The molecule has 0 heterocycles. The van der Waals surface area contributed by atoms with Crippen molar-refractivity contribution >= 4 is 11.7 Å². The van der Waals surface area contributed by atoms with Crippen LogP contribution in [0.15, 0.2) is 30.3 Å². The highest BCUT2D eigenvalue weighted by Gasteiger charge is 2.39. The number of rotatable bonds is 9. The second-order valence-corrected chi connectivity index (χ2v) is 6.49. The molecule has 1 N–H and O–H groups in total. The van der Waals surface area contributed by atoms with Crippen LogP contribution in [0, 0.1) is 22.7 Å². The van der Waals surface area contributed by atoms with Crippen molar-refractivity contribution in [2.75, 3.05) is 6.54 Å². The number of hydrogen-bond donors (Lipinski definition) is 1. The van der Waals surface area contributed by atoms with Crippen LogP contribution in [0.5, 0.6) is 0 Å². The molecule has 0 bridgehead atoms. The van der Waals surface area contributed by atoms with Gasteiger partial charge in [0, 0.05) is 13.0 Å². The Morgan fingerprint density at radius 1 is 1.26 bits per heavy atom. The molecule has 0 aliphatic carbocycles. The Morgan fingerprint density at radius 3 is 2.43 bits per heavy atom. The number of benzene rings is 1. The first-order valence-electron chi connectivity index (χ1n) is 8.12. The number of hydrogen-bond acceptors (Lipinski definition) is 3. The Hall–Kier alpha value is -2.15. The van der Waals surface area contributed by atoms with E-state index in [1.165, 1.54) is 6.92 Å². The van der Waals surface area contributed by atoms with Crippen molar-refractivity contribution in [1.82, 2.24) is 5.32 Å². The van der Waals surface area contributed by atoms with Gasteiger partial charge in [0.15, 0.2) is 0 Å². The third-order valence-corrected chi connectivity index (χ3v) is 3.85. The molecule has 124 valence electrons. The van der Waals surface area contributed by atoms with E-state index in [-0.39, 0.29) is 30.4 Å². The van der Waals surface area contributed by atoms with Crippen molar-refractivity contribution in [2.45, 2.75) is 46.5 Å². The first-order chi connectivity index (χ1) is 10.9. The highest BCUT2D eigenvalue weighted by molar-refractivity contribution is 5.86. The molecule has 0 fully saturated rings. The minimum absolute atomic E-state index is 0.00506. The summed E-state index contributed by atoms with van der Waals surface area (Å²) in [6.07, 6.45) is 1.73. The molecule has 0 saturated carbocycles. The smallest absolute Gasteiger partial charge is 0.240 e. The normalized spacial score (nSPS) is 13.2. The van der Waals surface area contributed by atoms with Gasteiger partial charge < -0.3 is 10.1 Å². The maximum absolute atomic E-state index is 12.6. The molecule has 1 aromatic rings. The van der Waals surface area contributed by atoms with Crippen molar-refractivity contribution < 1.29 is 9.59 Å². The summed E-state index contributed by atoms with van der Waals surface area (Å²) in [4.78, 5) is 23.9. The summed E-state index contributed by atoms with van der Waals surface area (Å²) in [5, 5.41) is 12.5. The van der Waals surface area contributed by atoms with Crippen LogP contribution in [0.4, 0.5) is 0 Å². The highest BCUT2D eigenvalue weighted by atomic mass is 16.2. The van der Waals surface area contributed by atoms with E-state index in [0.29, 0.717) is 13.0 Å². The fourth-order valence-electron chi connectivity index (χ4n) is 2.68. The van der Waals surface area contributed by atoms with Crippen LogP contribution < -0.4 is 5.32 Å². The minimum Gasteiger partial charge on any atom is -0.354 e. The lowest BCUT2D eigenvalue weighted by Gasteiger charge is -2.27. The molecule has 4 heteroatoms. The molecule has 0 spiro atoms. The number of carbonyl (C=O) groups excluding carboxylic acids is 2. The lowest BCUT2D eigenvalue weighted by molar-refractivity contribution is -0.129. The van der Waals surface area contributed by atoms with Crippen molar-refractivity contribution in [2.24, 2.45) is 11.3 Å². The Morgan fingerprint density at radius 2 is 1.91 bits per heavy atom. The van der Waals surface area contributed by atoms with E-state index in [0.717, 1.165) is 12.0 Å². The van der Waals surface area contributed by atoms with E-state index in [1.807, 2.05) is 44.2 Å². The number of nitrogens with one attached hydrogen (secondary N) is 1. The van der Waals surface area contributed by atoms with Crippen LogP contribution in [-0.2, 0) is 16.0 Å². The molecular weight excluding hydrogens is 288 g/mol. The topological polar surface area (TPSA) is 70.0 Å². The van der Waals surface area contributed by atoms with Gasteiger partial charge in [-0.1, -0.05) is 44.2 Å². The monoisotopic (exact) mass is 314 g/mol. The summed E-state index contributed by atoms with van der Waals surface area (Å²) in [5.74, 6) is -0.0437. The summed E-state index contributed by atoms with van der Waals surface area (Å²) in [6, 6.07) is 12.1. The van der Waals surface area contributed by atoms with Crippen LogP contribution in [0.25, 0.3) is 0 Å². The number of amides is 1. The van der Waals surface area contributed by atoms with E-state index in [1.54, 1.807) is 0 Å². The molecule has 4 nitrogen and oxygen atoms in total. The van der Waals surface area contributed by atoms with Gasteiger partial charge in [0.05, 0.1) is 6.07 Å². The predicted molar refractivity (Wildman–Crippen MR) is 90.6 cm³/mol. The van der Waals surface area contributed by atoms with Crippen molar-refractivity contribution in [3.63, 3.8) is 0 Å². The van der Waals surface area contributed by atoms with E-state index in [9.17, 15) is 14.9 Å². The fraction of sp³-hybridized carbons (Fsp3) is 0.526. The first kappa shape index (κ1) is 18.9. The lowest BCUT2D eigenvalue weighted by Crippen LogP contribution is -2.42. The van der Waals surface area contributed by atoms with Gasteiger partial charge >= 0.3 is 0 Å². The highest BCUT2D eigenvalue weighted by Crippen LogP contribution is 2.31. The third-order valence-electron chi connectivity index (χ3n) is 3.85. The molecule has 23 heavy (non-hydrogen) atoms. The molecule has 0 aromatic heterocycles. The molecule has 0 aliphatic rings. The van der Waals surface area contributed by atoms with Gasteiger partial charge in [-0.05, 0) is 37.7 Å². The number of nitrogens with zero attached hydrogens (tertiary/aromatic N) is 1. The number of nitriles is 1. The third kappa shape index (κ3) is 6.23. The van der Waals surface area contributed by atoms with Crippen molar-refractivity contribution in [3.05, 3.63) is 35.9 Å². The maximum Gasteiger partial charge on any atom is 0.240 e.